The van der Waals surface area contributed by atoms with Crippen LogP contribution in [-0.2, 0) is 16.0 Å². The molecule has 2 aromatic rings. The Balaban J connectivity index is 1.72. The second-order valence-corrected chi connectivity index (χ2v) is 6.73. The van der Waals surface area contributed by atoms with Gasteiger partial charge in [-0.1, -0.05) is 18.2 Å². The van der Waals surface area contributed by atoms with Crippen LogP contribution in [0.15, 0.2) is 42.5 Å². The van der Waals surface area contributed by atoms with Crippen molar-refractivity contribution in [2.24, 2.45) is 0 Å². The van der Waals surface area contributed by atoms with E-state index in [1.807, 2.05) is 31.2 Å². The molecule has 1 unspecified atom stereocenters. The van der Waals surface area contributed by atoms with Crippen molar-refractivity contribution in [3.63, 3.8) is 0 Å². The highest BCUT2D eigenvalue weighted by Gasteiger charge is 2.29. The number of nitrogens with zero attached hydrogens (tertiary/aromatic N) is 2. The van der Waals surface area contributed by atoms with Gasteiger partial charge in [0.15, 0.2) is 12.4 Å². The van der Waals surface area contributed by atoms with Crippen LogP contribution in [0.4, 0.5) is 11.4 Å². The predicted molar refractivity (Wildman–Crippen MR) is 106 cm³/mol. The lowest BCUT2D eigenvalue weighted by molar-refractivity contribution is -0.385. The summed E-state index contributed by atoms with van der Waals surface area (Å²) in [6.45, 7) is 3.47. The van der Waals surface area contributed by atoms with E-state index in [1.165, 1.54) is 12.1 Å². The van der Waals surface area contributed by atoms with Gasteiger partial charge in [0.25, 0.3) is 5.91 Å². The van der Waals surface area contributed by atoms with E-state index in [0.717, 1.165) is 30.2 Å². The maximum Gasteiger partial charge on any atom is 0.338 e. The van der Waals surface area contributed by atoms with Gasteiger partial charge in [-0.25, -0.2) is 4.79 Å². The Morgan fingerprint density at radius 2 is 2.00 bits per heavy atom. The molecular formula is C21H22N2O6. The molecule has 29 heavy (non-hydrogen) atoms. The average molecular weight is 398 g/mol. The molecule has 0 bridgehead atoms. The number of benzene rings is 2. The topological polar surface area (TPSA) is 99.0 Å². The van der Waals surface area contributed by atoms with Crippen LogP contribution in [-0.4, -0.2) is 36.1 Å². The van der Waals surface area contributed by atoms with Gasteiger partial charge in [0.05, 0.1) is 17.1 Å². The number of nitro groups is 1. The van der Waals surface area contributed by atoms with Crippen molar-refractivity contribution >= 4 is 23.3 Å². The number of nitro benzene ring substituents is 1. The SMILES string of the molecule is CCOc1ccc(C(=O)OCC(=O)N2c3ccccc3CCC2C)cc1[N+](=O)[O-]. The number of carbonyl (C=O) groups is 2. The molecular weight excluding hydrogens is 376 g/mol. The number of hydrogen-bond acceptors (Lipinski definition) is 6. The summed E-state index contributed by atoms with van der Waals surface area (Å²) in [4.78, 5) is 37.3. The Kier molecular flexibility index (Phi) is 6.11. The van der Waals surface area contributed by atoms with Crippen molar-refractivity contribution in [1.29, 1.82) is 0 Å². The van der Waals surface area contributed by atoms with Gasteiger partial charge in [0.2, 0.25) is 0 Å². The van der Waals surface area contributed by atoms with Gasteiger partial charge in [0, 0.05) is 17.8 Å². The van der Waals surface area contributed by atoms with Crippen molar-refractivity contribution in [3.8, 4) is 5.75 Å². The molecule has 2 aromatic carbocycles. The number of ether oxygens (including phenoxy) is 2. The van der Waals surface area contributed by atoms with E-state index in [9.17, 15) is 19.7 Å². The minimum Gasteiger partial charge on any atom is -0.487 e. The number of esters is 1. The van der Waals surface area contributed by atoms with Crippen molar-refractivity contribution in [3.05, 3.63) is 63.7 Å². The molecule has 1 aliphatic rings. The number of aryl methyl sites for hydroxylation is 1. The van der Waals surface area contributed by atoms with Crippen LogP contribution in [0.2, 0.25) is 0 Å². The van der Waals surface area contributed by atoms with Gasteiger partial charge in [0.1, 0.15) is 0 Å². The standard InChI is InChI=1S/C21H22N2O6/c1-3-28-19-11-10-16(12-18(19)23(26)27)21(25)29-13-20(24)22-14(2)8-9-15-6-4-5-7-17(15)22/h4-7,10-12,14H,3,8-9,13H2,1-2H3. The molecule has 0 fully saturated rings. The first-order chi connectivity index (χ1) is 13.9. The maximum absolute atomic E-state index is 12.7. The van der Waals surface area contributed by atoms with Gasteiger partial charge < -0.3 is 14.4 Å². The normalized spacial score (nSPS) is 15.4. The fourth-order valence-corrected chi connectivity index (χ4v) is 3.41. The molecule has 1 aliphatic heterocycles. The Bertz CT molecular complexity index is 943. The summed E-state index contributed by atoms with van der Waals surface area (Å²) in [6.07, 6.45) is 1.71. The zero-order valence-electron chi connectivity index (χ0n) is 16.3. The first-order valence-corrected chi connectivity index (χ1v) is 9.40. The van der Waals surface area contributed by atoms with E-state index >= 15 is 0 Å². The van der Waals surface area contributed by atoms with Crippen LogP contribution in [0.25, 0.3) is 0 Å². The summed E-state index contributed by atoms with van der Waals surface area (Å²) < 4.78 is 10.3. The van der Waals surface area contributed by atoms with Crippen molar-refractivity contribution in [1.82, 2.24) is 0 Å². The molecule has 1 atom stereocenters. The number of anilines is 1. The minimum atomic E-state index is -0.803. The van der Waals surface area contributed by atoms with Gasteiger partial charge in [-0.3, -0.25) is 14.9 Å². The predicted octanol–water partition coefficient (Wildman–Crippen LogP) is 3.52. The van der Waals surface area contributed by atoms with E-state index in [0.29, 0.717) is 0 Å². The molecule has 152 valence electrons. The molecule has 3 rings (SSSR count). The third kappa shape index (κ3) is 4.37. The van der Waals surface area contributed by atoms with Crippen LogP contribution in [0, 0.1) is 10.1 Å². The number of hydrogen-bond donors (Lipinski definition) is 0. The van der Waals surface area contributed by atoms with Gasteiger partial charge in [-0.2, -0.15) is 0 Å². The van der Waals surface area contributed by atoms with E-state index in [-0.39, 0.29) is 35.6 Å². The molecule has 0 radical (unpaired) electrons. The summed E-state index contributed by atoms with van der Waals surface area (Å²) in [7, 11) is 0. The number of carbonyl (C=O) groups excluding carboxylic acids is 2. The summed E-state index contributed by atoms with van der Waals surface area (Å²) in [6, 6.07) is 11.5. The van der Waals surface area contributed by atoms with E-state index in [1.54, 1.807) is 11.8 Å². The fourth-order valence-electron chi connectivity index (χ4n) is 3.41. The van der Waals surface area contributed by atoms with Crippen LogP contribution in [0.1, 0.15) is 36.2 Å². The summed E-state index contributed by atoms with van der Waals surface area (Å²) in [5.74, 6) is -1.07. The molecule has 1 amide bonds. The second kappa shape index (κ2) is 8.72. The van der Waals surface area contributed by atoms with Crippen molar-refractivity contribution < 1.29 is 24.0 Å². The molecule has 0 aliphatic carbocycles. The average Bonchev–Trinajstić information content (AvgIpc) is 2.72. The lowest BCUT2D eigenvalue weighted by atomic mass is 9.96. The molecule has 0 saturated heterocycles. The van der Waals surface area contributed by atoms with Crippen LogP contribution in [0.3, 0.4) is 0 Å². The van der Waals surface area contributed by atoms with Gasteiger partial charge in [-0.15, -0.1) is 0 Å². The third-order valence-corrected chi connectivity index (χ3v) is 4.81. The molecule has 0 N–H and O–H groups in total. The van der Waals surface area contributed by atoms with Crippen LogP contribution >= 0.6 is 0 Å². The third-order valence-electron chi connectivity index (χ3n) is 4.81. The molecule has 1 heterocycles. The number of fused-ring (bicyclic) bond motifs is 1. The zero-order chi connectivity index (χ0) is 21.0. The molecule has 0 aromatic heterocycles. The lowest BCUT2D eigenvalue weighted by Crippen LogP contribution is -2.44. The molecule has 0 spiro atoms. The number of rotatable bonds is 6. The highest BCUT2D eigenvalue weighted by Crippen LogP contribution is 2.31. The van der Waals surface area contributed by atoms with Gasteiger partial charge >= 0.3 is 11.7 Å². The highest BCUT2D eigenvalue weighted by molar-refractivity contribution is 5.98. The maximum atomic E-state index is 12.7. The van der Waals surface area contributed by atoms with Crippen molar-refractivity contribution in [2.45, 2.75) is 32.7 Å². The van der Waals surface area contributed by atoms with Crippen LogP contribution in [0.5, 0.6) is 5.75 Å². The minimum absolute atomic E-state index is 0.0114. The van der Waals surface area contributed by atoms with E-state index < -0.39 is 17.5 Å². The quantitative estimate of drug-likeness (QED) is 0.419. The second-order valence-electron chi connectivity index (χ2n) is 6.73. The first-order valence-electron chi connectivity index (χ1n) is 9.40. The zero-order valence-corrected chi connectivity index (χ0v) is 16.3. The fraction of sp³-hybridized carbons (Fsp3) is 0.333. The Labute approximate surface area is 168 Å². The van der Waals surface area contributed by atoms with E-state index in [2.05, 4.69) is 0 Å². The number of amides is 1. The summed E-state index contributed by atoms with van der Waals surface area (Å²) in [5, 5.41) is 11.2. The number of para-hydroxylation sites is 1. The lowest BCUT2D eigenvalue weighted by Gasteiger charge is -2.35. The first kappa shape index (κ1) is 20.3. The highest BCUT2D eigenvalue weighted by atomic mass is 16.6. The Hall–Kier alpha value is -3.42. The molecule has 0 saturated carbocycles. The molecule has 8 heteroatoms. The van der Waals surface area contributed by atoms with Crippen LogP contribution < -0.4 is 9.64 Å². The largest absolute Gasteiger partial charge is 0.487 e. The Morgan fingerprint density at radius 1 is 1.24 bits per heavy atom. The summed E-state index contributed by atoms with van der Waals surface area (Å²) in [5.41, 5.74) is 1.56. The van der Waals surface area contributed by atoms with Gasteiger partial charge in [-0.05, 0) is 50.5 Å². The van der Waals surface area contributed by atoms with Crippen molar-refractivity contribution in [2.75, 3.05) is 18.1 Å². The summed E-state index contributed by atoms with van der Waals surface area (Å²) >= 11 is 0. The molecule has 8 nitrogen and oxygen atoms in total. The monoisotopic (exact) mass is 398 g/mol. The Morgan fingerprint density at radius 3 is 2.72 bits per heavy atom. The van der Waals surface area contributed by atoms with E-state index in [4.69, 9.17) is 9.47 Å². The smallest absolute Gasteiger partial charge is 0.338 e.